The molecule has 10 nitrogen and oxygen atoms in total. The highest BCUT2D eigenvalue weighted by atomic mass is 16.3. The number of benzene rings is 1. The summed E-state index contributed by atoms with van der Waals surface area (Å²) in [6, 6.07) is 8.54. The first-order valence-corrected chi connectivity index (χ1v) is 6.88. The van der Waals surface area contributed by atoms with Crippen LogP contribution in [0.3, 0.4) is 0 Å². The molecule has 0 saturated heterocycles. The third-order valence-electron chi connectivity index (χ3n) is 3.34. The fourth-order valence-corrected chi connectivity index (χ4v) is 2.14. The van der Waals surface area contributed by atoms with Crippen molar-refractivity contribution in [3.63, 3.8) is 0 Å². The van der Waals surface area contributed by atoms with Crippen LogP contribution in [0, 0.1) is 0 Å². The molecule has 1 aromatic carbocycles. The van der Waals surface area contributed by atoms with Crippen LogP contribution in [0.1, 0.15) is 10.5 Å². The van der Waals surface area contributed by atoms with Gasteiger partial charge in [-0.3, -0.25) is 14.9 Å². The summed E-state index contributed by atoms with van der Waals surface area (Å²) >= 11 is 0. The molecule has 10 heteroatoms. The van der Waals surface area contributed by atoms with Crippen LogP contribution in [-0.2, 0) is 14.1 Å². The average molecular weight is 327 g/mol. The number of nitrogens with one attached hydrogen (secondary N) is 1. The van der Waals surface area contributed by atoms with Gasteiger partial charge in [0.15, 0.2) is 11.4 Å². The molecule has 0 saturated carbocycles. The largest absolute Gasteiger partial charge is 0.505 e. The predicted molar refractivity (Wildman–Crippen MR) is 83.3 cm³/mol. The number of hydrogen-bond acceptors (Lipinski definition) is 7. The molecular weight excluding hydrogens is 314 g/mol. The Kier molecular flexibility index (Phi) is 3.78. The van der Waals surface area contributed by atoms with Crippen molar-refractivity contribution >= 4 is 11.9 Å². The van der Waals surface area contributed by atoms with Gasteiger partial charge in [0.2, 0.25) is 5.95 Å². The maximum absolute atomic E-state index is 12.4. The minimum Gasteiger partial charge on any atom is -0.505 e. The van der Waals surface area contributed by atoms with E-state index in [1.165, 1.54) is 11.7 Å². The van der Waals surface area contributed by atoms with Crippen molar-refractivity contribution < 1.29 is 9.90 Å². The van der Waals surface area contributed by atoms with E-state index in [1.54, 1.807) is 37.4 Å². The van der Waals surface area contributed by atoms with E-state index in [1.807, 2.05) is 0 Å². The molecule has 2 heterocycles. The van der Waals surface area contributed by atoms with E-state index >= 15 is 0 Å². The van der Waals surface area contributed by atoms with Crippen molar-refractivity contribution in [2.45, 2.75) is 0 Å². The predicted octanol–water partition coefficient (Wildman–Crippen LogP) is -0.0713. The second-order valence-corrected chi connectivity index (χ2v) is 4.95. The number of anilines is 1. The Morgan fingerprint density at radius 1 is 1.17 bits per heavy atom. The number of amides is 1. The van der Waals surface area contributed by atoms with Gasteiger partial charge in [0.25, 0.3) is 11.5 Å². The highest BCUT2D eigenvalue weighted by Gasteiger charge is 2.23. The van der Waals surface area contributed by atoms with E-state index in [2.05, 4.69) is 25.9 Å². The highest BCUT2D eigenvalue weighted by molar-refractivity contribution is 6.04. The average Bonchev–Trinajstić information content (AvgIpc) is 2.97. The maximum Gasteiger partial charge on any atom is 0.282 e. The van der Waals surface area contributed by atoms with Crippen LogP contribution in [0.25, 0.3) is 11.1 Å². The molecule has 2 N–H and O–H groups in total. The van der Waals surface area contributed by atoms with E-state index in [0.29, 0.717) is 5.56 Å². The second-order valence-electron chi connectivity index (χ2n) is 4.95. The van der Waals surface area contributed by atoms with Crippen molar-refractivity contribution in [2.24, 2.45) is 14.1 Å². The van der Waals surface area contributed by atoms with Gasteiger partial charge in [-0.2, -0.15) is 5.10 Å². The van der Waals surface area contributed by atoms with Crippen LogP contribution in [0.15, 0.2) is 35.1 Å². The Morgan fingerprint density at radius 3 is 2.50 bits per heavy atom. The Morgan fingerprint density at radius 2 is 1.88 bits per heavy atom. The van der Waals surface area contributed by atoms with Crippen molar-refractivity contribution in [1.82, 2.24) is 30.0 Å². The molecule has 0 bridgehead atoms. The van der Waals surface area contributed by atoms with E-state index in [0.717, 1.165) is 4.68 Å². The third-order valence-corrected chi connectivity index (χ3v) is 3.34. The number of aromatic nitrogens is 6. The van der Waals surface area contributed by atoms with Crippen LogP contribution in [-0.4, -0.2) is 41.0 Å². The number of rotatable bonds is 3. The topological polar surface area (TPSA) is 128 Å². The minimum absolute atomic E-state index is 0.00524. The Bertz CT molecular complexity index is 962. The quantitative estimate of drug-likeness (QED) is 0.689. The number of carbonyl (C=O) groups excluding carboxylic acids is 1. The number of aryl methyl sites for hydroxylation is 2. The molecule has 24 heavy (non-hydrogen) atoms. The normalized spacial score (nSPS) is 10.6. The summed E-state index contributed by atoms with van der Waals surface area (Å²) < 4.78 is 2.24. The summed E-state index contributed by atoms with van der Waals surface area (Å²) in [6.45, 7) is 0. The van der Waals surface area contributed by atoms with Gasteiger partial charge in [-0.05, 0) is 16.0 Å². The van der Waals surface area contributed by atoms with Gasteiger partial charge >= 0.3 is 0 Å². The molecule has 3 aromatic rings. The van der Waals surface area contributed by atoms with Gasteiger partial charge in [0.1, 0.15) is 0 Å². The molecular formula is C14H13N7O3. The number of hydrogen-bond donors (Lipinski definition) is 2. The molecule has 0 spiro atoms. The van der Waals surface area contributed by atoms with Gasteiger partial charge in [0.05, 0.1) is 5.56 Å². The molecule has 122 valence electrons. The molecule has 0 unspecified atom stereocenters. The number of carbonyl (C=O) groups is 1. The zero-order chi connectivity index (χ0) is 17.3. The molecule has 0 aliphatic carbocycles. The first kappa shape index (κ1) is 15.3. The van der Waals surface area contributed by atoms with Crippen molar-refractivity contribution in [2.75, 3.05) is 5.32 Å². The van der Waals surface area contributed by atoms with Crippen LogP contribution in [0.2, 0.25) is 0 Å². The standard InChI is InChI=1S/C14H13N7O3/c1-20-13(24)9(8-6-4-3-5-7-8)11(22)10(17-20)12(23)15-14-16-18-19-21(14)2/h3-7,22H,1-2H3,(H,15,16,19,23). The van der Waals surface area contributed by atoms with Crippen molar-refractivity contribution in [1.29, 1.82) is 0 Å². The molecule has 0 fully saturated rings. The Balaban J connectivity index is 2.10. The SMILES string of the molecule is Cn1nnnc1NC(=O)c1nn(C)c(=O)c(-c2ccccc2)c1O. The fourth-order valence-electron chi connectivity index (χ4n) is 2.14. The van der Waals surface area contributed by atoms with E-state index in [-0.39, 0.29) is 17.2 Å². The zero-order valence-corrected chi connectivity index (χ0v) is 12.8. The van der Waals surface area contributed by atoms with E-state index < -0.39 is 17.2 Å². The molecule has 3 rings (SSSR count). The van der Waals surface area contributed by atoms with Gasteiger partial charge in [-0.15, -0.1) is 0 Å². The summed E-state index contributed by atoms with van der Waals surface area (Å²) in [4.78, 5) is 24.7. The lowest BCUT2D eigenvalue weighted by atomic mass is 10.1. The second kappa shape index (κ2) is 5.91. The molecule has 2 aromatic heterocycles. The summed E-state index contributed by atoms with van der Waals surface area (Å²) in [5.74, 6) is -1.16. The fraction of sp³-hybridized carbons (Fsp3) is 0.143. The smallest absolute Gasteiger partial charge is 0.282 e. The van der Waals surface area contributed by atoms with Crippen molar-refractivity contribution in [3.05, 3.63) is 46.4 Å². The Labute approximate surface area is 135 Å². The van der Waals surface area contributed by atoms with Crippen LogP contribution < -0.4 is 10.9 Å². The zero-order valence-electron chi connectivity index (χ0n) is 12.8. The molecule has 1 amide bonds. The summed E-state index contributed by atoms with van der Waals surface area (Å²) in [5.41, 5.74) is -0.351. The van der Waals surface area contributed by atoms with E-state index in [9.17, 15) is 14.7 Å². The third kappa shape index (κ3) is 2.60. The first-order chi connectivity index (χ1) is 11.5. The number of nitrogens with zero attached hydrogens (tertiary/aromatic N) is 6. The van der Waals surface area contributed by atoms with Gasteiger partial charge in [0, 0.05) is 14.1 Å². The van der Waals surface area contributed by atoms with E-state index in [4.69, 9.17) is 0 Å². The maximum atomic E-state index is 12.4. The molecule has 0 aliphatic rings. The minimum atomic E-state index is -0.738. The van der Waals surface area contributed by atoms with Gasteiger partial charge in [-0.1, -0.05) is 35.4 Å². The van der Waals surface area contributed by atoms with Crippen LogP contribution in [0.4, 0.5) is 5.95 Å². The van der Waals surface area contributed by atoms with Gasteiger partial charge < -0.3 is 5.11 Å². The number of tetrazole rings is 1. The Hall–Kier alpha value is -3.56. The van der Waals surface area contributed by atoms with Crippen LogP contribution >= 0.6 is 0 Å². The summed E-state index contributed by atoms with van der Waals surface area (Å²) in [7, 11) is 2.94. The highest BCUT2D eigenvalue weighted by Crippen LogP contribution is 2.27. The van der Waals surface area contributed by atoms with Gasteiger partial charge in [-0.25, -0.2) is 9.36 Å². The monoisotopic (exact) mass is 327 g/mol. The lowest BCUT2D eigenvalue weighted by Crippen LogP contribution is -2.27. The molecule has 0 atom stereocenters. The summed E-state index contributed by atoms with van der Waals surface area (Å²) in [5, 5.41) is 27.3. The lowest BCUT2D eigenvalue weighted by molar-refractivity contribution is 0.101. The molecule has 0 aliphatic heterocycles. The first-order valence-electron chi connectivity index (χ1n) is 6.88. The molecule has 0 radical (unpaired) electrons. The lowest BCUT2D eigenvalue weighted by Gasteiger charge is -2.10. The van der Waals surface area contributed by atoms with Crippen molar-refractivity contribution in [3.8, 4) is 16.9 Å². The van der Waals surface area contributed by atoms with Crippen LogP contribution in [0.5, 0.6) is 5.75 Å². The summed E-state index contributed by atoms with van der Waals surface area (Å²) in [6.07, 6.45) is 0. The number of aromatic hydroxyl groups is 1.